The van der Waals surface area contributed by atoms with Gasteiger partial charge in [0.2, 0.25) is 5.91 Å². The zero-order valence-corrected chi connectivity index (χ0v) is 10.2. The summed E-state index contributed by atoms with van der Waals surface area (Å²) < 4.78 is 1.67. The van der Waals surface area contributed by atoms with Crippen LogP contribution >= 0.6 is 0 Å². The Labute approximate surface area is 100 Å². The van der Waals surface area contributed by atoms with Gasteiger partial charge < -0.3 is 5.32 Å². The van der Waals surface area contributed by atoms with Crippen LogP contribution in [0, 0.1) is 16.7 Å². The van der Waals surface area contributed by atoms with E-state index in [1.54, 1.807) is 10.9 Å². The predicted octanol–water partition coefficient (Wildman–Crippen LogP) is 1.61. The van der Waals surface area contributed by atoms with Crippen LogP contribution in [0.3, 0.4) is 0 Å². The lowest BCUT2D eigenvalue weighted by molar-refractivity contribution is -0.126. The first kappa shape index (κ1) is 11.6. The molecular formula is C12H16N4O. The molecule has 0 saturated heterocycles. The first-order valence-corrected chi connectivity index (χ1v) is 5.86. The quantitative estimate of drug-likeness (QED) is 0.860. The van der Waals surface area contributed by atoms with Gasteiger partial charge in [-0.15, -0.1) is 0 Å². The second kappa shape index (κ2) is 4.21. The number of hydrogen-bond acceptors (Lipinski definition) is 3. The molecule has 90 valence electrons. The molecule has 0 atom stereocenters. The summed E-state index contributed by atoms with van der Waals surface area (Å²) in [5, 5.41) is 16.2. The number of nitriles is 1. The fraction of sp³-hybridized carbons (Fsp3) is 0.583. The maximum Gasteiger partial charge on any atom is 0.244 e. The molecule has 0 radical (unpaired) electrons. The molecule has 1 aliphatic carbocycles. The number of rotatable bonds is 3. The van der Waals surface area contributed by atoms with Gasteiger partial charge in [0.25, 0.3) is 0 Å². The molecule has 5 nitrogen and oxygen atoms in total. The average molecular weight is 232 g/mol. The minimum Gasteiger partial charge on any atom is -0.322 e. The fourth-order valence-corrected chi connectivity index (χ4v) is 2.06. The Hall–Kier alpha value is -1.83. The van der Waals surface area contributed by atoms with E-state index in [4.69, 9.17) is 5.26 Å². The molecule has 0 spiro atoms. The van der Waals surface area contributed by atoms with E-state index in [1.165, 1.54) is 0 Å². The van der Waals surface area contributed by atoms with Gasteiger partial charge in [-0.1, -0.05) is 6.92 Å². The second-order valence-electron chi connectivity index (χ2n) is 4.52. The molecule has 1 saturated carbocycles. The smallest absolute Gasteiger partial charge is 0.244 e. The Kier molecular flexibility index (Phi) is 2.88. The molecular weight excluding hydrogens is 216 g/mol. The Balaban J connectivity index is 2.16. The topological polar surface area (TPSA) is 70.7 Å². The van der Waals surface area contributed by atoms with Crippen LogP contribution in [0.5, 0.6) is 0 Å². The molecule has 0 aromatic carbocycles. The normalized spacial score (nSPS) is 17.0. The van der Waals surface area contributed by atoms with E-state index in [2.05, 4.69) is 16.5 Å². The number of aromatic nitrogens is 2. The van der Waals surface area contributed by atoms with Crippen molar-refractivity contribution in [3.63, 3.8) is 0 Å². The van der Waals surface area contributed by atoms with Gasteiger partial charge in [0.15, 0.2) is 0 Å². The van der Waals surface area contributed by atoms with Crippen molar-refractivity contribution in [1.82, 2.24) is 9.78 Å². The van der Waals surface area contributed by atoms with Crippen LogP contribution in [0.25, 0.3) is 0 Å². The summed E-state index contributed by atoms with van der Waals surface area (Å²) >= 11 is 0. The van der Waals surface area contributed by atoms with Gasteiger partial charge in [-0.05, 0) is 25.7 Å². The summed E-state index contributed by atoms with van der Waals surface area (Å²) in [5.74, 6) is -0.186. The predicted molar refractivity (Wildman–Crippen MR) is 63.1 cm³/mol. The number of hydrogen-bond donors (Lipinski definition) is 1. The van der Waals surface area contributed by atoms with Crippen LogP contribution in [0.4, 0.5) is 5.69 Å². The Morgan fingerprint density at radius 2 is 2.41 bits per heavy atom. The summed E-state index contributed by atoms with van der Waals surface area (Å²) in [6.07, 6.45) is 4.82. The van der Waals surface area contributed by atoms with Gasteiger partial charge in [-0.2, -0.15) is 10.4 Å². The standard InChI is InChI=1S/C12H16N4O/c1-3-9-10(7-16(2)15-9)14-11(17)12(8-13)5-4-6-12/h7H,3-6H2,1-2H3,(H,14,17). The molecule has 1 aromatic heterocycles. The number of aryl methyl sites for hydroxylation is 2. The van der Waals surface area contributed by atoms with Crippen molar-refractivity contribution < 1.29 is 4.79 Å². The zero-order valence-electron chi connectivity index (χ0n) is 10.2. The molecule has 1 fully saturated rings. The highest BCUT2D eigenvalue weighted by atomic mass is 16.2. The molecule has 17 heavy (non-hydrogen) atoms. The van der Waals surface area contributed by atoms with Crippen molar-refractivity contribution in [3.8, 4) is 6.07 Å². The van der Waals surface area contributed by atoms with Crippen LogP contribution in [0.2, 0.25) is 0 Å². The van der Waals surface area contributed by atoms with E-state index in [-0.39, 0.29) is 5.91 Å². The summed E-state index contributed by atoms with van der Waals surface area (Å²) in [7, 11) is 1.82. The van der Waals surface area contributed by atoms with Crippen molar-refractivity contribution in [2.45, 2.75) is 32.6 Å². The molecule has 5 heteroatoms. The lowest BCUT2D eigenvalue weighted by atomic mass is 9.69. The number of nitrogens with one attached hydrogen (secondary N) is 1. The van der Waals surface area contributed by atoms with E-state index in [0.29, 0.717) is 12.8 Å². The lowest BCUT2D eigenvalue weighted by Crippen LogP contribution is -2.40. The monoisotopic (exact) mass is 232 g/mol. The first-order chi connectivity index (χ1) is 8.11. The Morgan fingerprint density at radius 1 is 1.71 bits per heavy atom. The largest absolute Gasteiger partial charge is 0.322 e. The van der Waals surface area contributed by atoms with Gasteiger partial charge in [-0.3, -0.25) is 9.48 Å². The van der Waals surface area contributed by atoms with Crippen LogP contribution in [0.1, 0.15) is 31.9 Å². The average Bonchev–Trinajstić information content (AvgIpc) is 2.58. The van der Waals surface area contributed by atoms with E-state index >= 15 is 0 Å². The van der Waals surface area contributed by atoms with Crippen LogP contribution in [0.15, 0.2) is 6.20 Å². The third kappa shape index (κ3) is 1.91. The maximum absolute atomic E-state index is 12.1. The van der Waals surface area contributed by atoms with Crippen LogP contribution < -0.4 is 5.32 Å². The first-order valence-electron chi connectivity index (χ1n) is 5.86. The van der Waals surface area contributed by atoms with Gasteiger partial charge >= 0.3 is 0 Å². The molecule has 0 bridgehead atoms. The van der Waals surface area contributed by atoms with Gasteiger partial charge in [0.1, 0.15) is 5.41 Å². The molecule has 1 aliphatic rings. The van der Waals surface area contributed by atoms with Crippen molar-refractivity contribution in [1.29, 1.82) is 5.26 Å². The maximum atomic E-state index is 12.1. The van der Waals surface area contributed by atoms with E-state index in [9.17, 15) is 4.79 Å². The number of carbonyl (C=O) groups is 1. The van der Waals surface area contributed by atoms with Crippen LogP contribution in [-0.2, 0) is 18.3 Å². The van der Waals surface area contributed by atoms with Crippen molar-refractivity contribution >= 4 is 11.6 Å². The summed E-state index contributed by atoms with van der Waals surface area (Å²) in [5.41, 5.74) is 0.774. The lowest BCUT2D eigenvalue weighted by Gasteiger charge is -2.33. The molecule has 1 heterocycles. The fourth-order valence-electron chi connectivity index (χ4n) is 2.06. The summed E-state index contributed by atoms with van der Waals surface area (Å²) in [6, 6.07) is 2.14. The highest BCUT2D eigenvalue weighted by Gasteiger charge is 2.44. The Bertz CT molecular complexity index is 479. The van der Waals surface area contributed by atoms with E-state index in [0.717, 1.165) is 24.2 Å². The van der Waals surface area contributed by atoms with Crippen molar-refractivity contribution in [2.75, 3.05) is 5.32 Å². The molecule has 1 amide bonds. The molecule has 1 aromatic rings. The Morgan fingerprint density at radius 3 is 2.88 bits per heavy atom. The molecule has 0 unspecified atom stereocenters. The van der Waals surface area contributed by atoms with Gasteiger partial charge in [-0.25, -0.2) is 0 Å². The summed E-state index contributed by atoms with van der Waals surface area (Å²) in [6.45, 7) is 1.99. The molecule has 1 N–H and O–H groups in total. The highest BCUT2D eigenvalue weighted by Crippen LogP contribution is 2.41. The van der Waals surface area contributed by atoms with Crippen LogP contribution in [-0.4, -0.2) is 15.7 Å². The minimum absolute atomic E-state index is 0.186. The number of nitrogens with zero attached hydrogens (tertiary/aromatic N) is 3. The number of amides is 1. The SMILES string of the molecule is CCc1nn(C)cc1NC(=O)C1(C#N)CCC1. The van der Waals surface area contributed by atoms with E-state index in [1.807, 2.05) is 14.0 Å². The summed E-state index contributed by atoms with van der Waals surface area (Å²) in [4.78, 5) is 12.1. The molecule has 2 rings (SSSR count). The van der Waals surface area contributed by atoms with Gasteiger partial charge in [0.05, 0.1) is 17.5 Å². The highest BCUT2D eigenvalue weighted by molar-refractivity contribution is 5.98. The third-order valence-corrected chi connectivity index (χ3v) is 3.34. The number of carbonyl (C=O) groups excluding carboxylic acids is 1. The second-order valence-corrected chi connectivity index (χ2v) is 4.52. The van der Waals surface area contributed by atoms with Gasteiger partial charge in [0, 0.05) is 13.2 Å². The zero-order chi connectivity index (χ0) is 12.5. The van der Waals surface area contributed by atoms with E-state index < -0.39 is 5.41 Å². The molecule has 0 aliphatic heterocycles. The number of anilines is 1. The van der Waals surface area contributed by atoms with Crippen molar-refractivity contribution in [3.05, 3.63) is 11.9 Å². The minimum atomic E-state index is -0.805. The van der Waals surface area contributed by atoms with Crippen molar-refractivity contribution in [2.24, 2.45) is 12.5 Å². The third-order valence-electron chi connectivity index (χ3n) is 3.34.